The van der Waals surface area contributed by atoms with Gasteiger partial charge in [-0.2, -0.15) is 0 Å². The van der Waals surface area contributed by atoms with E-state index in [1.54, 1.807) is 5.38 Å². The van der Waals surface area contributed by atoms with Gasteiger partial charge in [-0.15, -0.1) is 27.9 Å². The molecular formula is C36H32N10O6S3. The quantitative estimate of drug-likeness (QED) is 0.0418. The minimum atomic E-state index is -1.29. The first kappa shape index (κ1) is 37.3. The Bertz CT molecular complexity index is 2190. The summed E-state index contributed by atoms with van der Waals surface area (Å²) in [4.78, 5) is 63.3. The zero-order valence-electron chi connectivity index (χ0n) is 29.2. The highest BCUT2D eigenvalue weighted by atomic mass is 32.2. The maximum Gasteiger partial charge on any atom is 0.352 e. The van der Waals surface area contributed by atoms with Crippen LogP contribution in [0.25, 0.3) is 0 Å². The van der Waals surface area contributed by atoms with E-state index in [2.05, 4.69) is 36.7 Å². The van der Waals surface area contributed by atoms with Crippen molar-refractivity contribution in [1.82, 2.24) is 35.5 Å². The molecular weight excluding hydrogens is 765 g/mol. The first-order valence-electron chi connectivity index (χ1n) is 16.6. The fraction of sp³-hybridized carbons (Fsp3) is 0.194. The van der Waals surface area contributed by atoms with Crippen molar-refractivity contribution in [2.45, 2.75) is 29.0 Å². The maximum atomic E-state index is 13.8. The van der Waals surface area contributed by atoms with Crippen LogP contribution in [0.3, 0.4) is 0 Å². The lowest BCUT2D eigenvalue weighted by Gasteiger charge is -2.49. The summed E-state index contributed by atoms with van der Waals surface area (Å²) in [6.07, 6.45) is 0. The van der Waals surface area contributed by atoms with Crippen molar-refractivity contribution in [2.24, 2.45) is 5.16 Å². The summed E-state index contributed by atoms with van der Waals surface area (Å²) in [5, 5.41) is 33.4. The molecule has 2 aliphatic heterocycles. The molecule has 1 fully saturated rings. The van der Waals surface area contributed by atoms with Crippen LogP contribution in [0.2, 0.25) is 0 Å². The van der Waals surface area contributed by atoms with E-state index in [0.717, 1.165) is 33.2 Å². The first-order chi connectivity index (χ1) is 26.7. The highest BCUT2D eigenvalue weighted by Gasteiger charge is 2.54. The number of fused-ring (bicyclic) bond motifs is 1. The third kappa shape index (κ3) is 7.40. The minimum Gasteiger partial charge on any atom is -0.477 e. The molecule has 0 saturated carbocycles. The molecule has 0 spiro atoms. The van der Waals surface area contributed by atoms with Gasteiger partial charge in [0.15, 0.2) is 10.8 Å². The third-order valence-electron chi connectivity index (χ3n) is 8.68. The Morgan fingerprint density at radius 2 is 1.62 bits per heavy atom. The summed E-state index contributed by atoms with van der Waals surface area (Å²) in [6.45, 7) is 1.30. The van der Waals surface area contributed by atoms with Crippen molar-refractivity contribution in [3.63, 3.8) is 0 Å². The van der Waals surface area contributed by atoms with Crippen molar-refractivity contribution >= 4 is 69.4 Å². The van der Waals surface area contributed by atoms with Crippen molar-refractivity contribution in [2.75, 3.05) is 29.4 Å². The smallest absolute Gasteiger partial charge is 0.352 e. The average Bonchev–Trinajstić information content (AvgIpc) is 3.86. The van der Waals surface area contributed by atoms with E-state index < -0.39 is 40.6 Å². The van der Waals surface area contributed by atoms with Crippen LogP contribution >= 0.6 is 34.9 Å². The number of hydrogen-bond donors (Lipinski definition) is 4. The fourth-order valence-corrected chi connectivity index (χ4v) is 9.39. The molecule has 4 heterocycles. The molecule has 0 bridgehead atoms. The lowest BCUT2D eigenvalue weighted by molar-refractivity contribution is -0.150. The number of rotatable bonds is 14. The second kappa shape index (κ2) is 16.1. The van der Waals surface area contributed by atoms with E-state index in [-0.39, 0.29) is 33.8 Å². The summed E-state index contributed by atoms with van der Waals surface area (Å²) in [7, 11) is 1.30. The van der Waals surface area contributed by atoms with Crippen LogP contribution in [0.1, 0.15) is 29.3 Å². The number of aromatic nitrogens is 5. The molecule has 4 N–H and O–H groups in total. The number of carbonyl (C=O) groups is 4. The van der Waals surface area contributed by atoms with Gasteiger partial charge >= 0.3 is 5.97 Å². The number of oxime groups is 1. The monoisotopic (exact) mass is 796 g/mol. The van der Waals surface area contributed by atoms with Crippen LogP contribution in [-0.4, -0.2) is 94.7 Å². The van der Waals surface area contributed by atoms with Crippen LogP contribution in [0.15, 0.2) is 118 Å². The molecule has 2 aromatic heterocycles. The number of carbonyl (C=O) groups excluding carboxylic acids is 3. The van der Waals surface area contributed by atoms with Gasteiger partial charge in [-0.3, -0.25) is 19.3 Å². The number of thioether (sulfide) groups is 2. The maximum absolute atomic E-state index is 13.8. The second-order valence-corrected chi connectivity index (χ2v) is 15.0. The number of thiazole rings is 1. The second-order valence-electron chi connectivity index (χ2n) is 12.1. The first-order valence-corrected chi connectivity index (χ1v) is 19.5. The van der Waals surface area contributed by atoms with Crippen molar-refractivity contribution in [3.05, 3.63) is 130 Å². The molecule has 7 rings (SSSR count). The Balaban J connectivity index is 1.11. The van der Waals surface area contributed by atoms with Crippen LogP contribution < -0.4 is 16.1 Å². The molecule has 2 atom stereocenters. The molecule has 0 aliphatic carbocycles. The number of aliphatic carboxylic acids is 1. The van der Waals surface area contributed by atoms with E-state index in [1.165, 1.54) is 42.0 Å². The number of hydrogen-bond acceptors (Lipinski definition) is 14. The molecule has 1 saturated heterocycles. The average molecular weight is 797 g/mol. The zero-order valence-corrected chi connectivity index (χ0v) is 31.6. The molecule has 2 aliphatic rings. The van der Waals surface area contributed by atoms with Crippen LogP contribution in [0.4, 0.5) is 5.13 Å². The van der Waals surface area contributed by atoms with Crippen LogP contribution in [0, 0.1) is 0 Å². The van der Waals surface area contributed by atoms with E-state index in [0.29, 0.717) is 10.7 Å². The number of benzene rings is 3. The van der Waals surface area contributed by atoms with Gasteiger partial charge < -0.3 is 20.6 Å². The predicted octanol–water partition coefficient (Wildman–Crippen LogP) is 3.51. The van der Waals surface area contributed by atoms with Gasteiger partial charge in [-0.1, -0.05) is 113 Å². The molecule has 55 heavy (non-hydrogen) atoms. The Kier molecular flexibility index (Phi) is 10.9. The van der Waals surface area contributed by atoms with E-state index in [4.69, 9.17) is 9.82 Å². The Morgan fingerprint density at radius 3 is 2.18 bits per heavy atom. The highest BCUT2D eigenvalue weighted by molar-refractivity contribution is 8.01. The standard InChI is InChI=1S/C36H32N10O6S3/c1-21(47)41-46-35(40-43-44-46)55-19-22-18-53-32-28(31(49)45(32)29(22)33(50)51)38-30(48)27(42-52-2)26-20-54-34(37-26)39-36(23-12-6-3-7-13-23,24-14-8-4-9-15-24)25-16-10-5-11-17-25/h3-17,20,28,32H,18-19H2,1-2H3,(H,37,39)(H,38,48)(H,41,47)(H,50,51)/b42-27-/t28-,32-/m1/s1. The SMILES string of the molecule is CO/N=C(\C(=O)N[C@@H]1C(=O)N2C(C(=O)O)=C(CSc3nnnn3NC(C)=O)CS[C@H]12)c1csc(NC(c2ccccc2)(c2ccccc2)c2ccccc2)n1. The Hall–Kier alpha value is -6.05. The van der Waals surface area contributed by atoms with Gasteiger partial charge in [0.2, 0.25) is 11.1 Å². The van der Waals surface area contributed by atoms with Crippen molar-refractivity contribution in [1.29, 1.82) is 0 Å². The molecule has 280 valence electrons. The lowest BCUT2D eigenvalue weighted by Crippen LogP contribution is -2.71. The number of nitrogens with zero attached hydrogens (tertiary/aromatic N) is 7. The predicted molar refractivity (Wildman–Crippen MR) is 207 cm³/mol. The zero-order chi connectivity index (χ0) is 38.5. The van der Waals surface area contributed by atoms with Gasteiger partial charge in [0.1, 0.15) is 35.5 Å². The summed E-state index contributed by atoms with van der Waals surface area (Å²) >= 11 is 3.68. The molecule has 16 nitrogen and oxygen atoms in total. The van der Waals surface area contributed by atoms with E-state index in [9.17, 15) is 24.3 Å². The number of β-lactam (4-membered cyclic amide) rings is 1. The van der Waals surface area contributed by atoms with Gasteiger partial charge in [0.05, 0.1) is 0 Å². The third-order valence-corrected chi connectivity index (χ3v) is 11.8. The number of anilines is 1. The summed E-state index contributed by atoms with van der Waals surface area (Å²) in [5.41, 5.74) is 4.80. The number of tetrazole rings is 1. The number of nitrogens with one attached hydrogen (secondary N) is 3. The Labute approximate surface area is 326 Å². The van der Waals surface area contributed by atoms with Crippen molar-refractivity contribution < 1.29 is 29.1 Å². The lowest BCUT2D eigenvalue weighted by atomic mass is 9.77. The molecule has 19 heteroatoms. The minimum absolute atomic E-state index is 0.132. The topological polar surface area (TPSA) is 206 Å². The van der Waals surface area contributed by atoms with Gasteiger partial charge in [0, 0.05) is 23.8 Å². The molecule has 3 aromatic carbocycles. The largest absolute Gasteiger partial charge is 0.477 e. The summed E-state index contributed by atoms with van der Waals surface area (Å²) in [5.74, 6) is -2.61. The summed E-state index contributed by atoms with van der Waals surface area (Å²) < 4.78 is 0. The van der Waals surface area contributed by atoms with Gasteiger partial charge in [-0.05, 0) is 32.7 Å². The number of carboxylic acids is 1. The van der Waals surface area contributed by atoms with Gasteiger partial charge in [-0.25, -0.2) is 15.2 Å². The summed E-state index contributed by atoms with van der Waals surface area (Å²) in [6, 6.07) is 28.9. The van der Waals surface area contributed by atoms with Crippen molar-refractivity contribution in [3.8, 4) is 0 Å². The molecule has 5 aromatic rings. The molecule has 0 unspecified atom stereocenters. The number of amides is 3. The molecule has 0 radical (unpaired) electrons. The fourth-order valence-electron chi connectivity index (χ4n) is 6.32. The van der Waals surface area contributed by atoms with E-state index in [1.807, 2.05) is 91.0 Å². The van der Waals surface area contributed by atoms with E-state index >= 15 is 0 Å². The molecule has 3 amide bonds. The van der Waals surface area contributed by atoms with Crippen LogP contribution in [-0.2, 0) is 29.6 Å². The number of carboxylic acid groups (broad SMARTS) is 1. The van der Waals surface area contributed by atoms with Crippen LogP contribution in [0.5, 0.6) is 0 Å². The Morgan fingerprint density at radius 1 is 1.00 bits per heavy atom. The normalized spacial score (nSPS) is 16.9. The highest BCUT2D eigenvalue weighted by Crippen LogP contribution is 2.42. The van der Waals surface area contributed by atoms with Gasteiger partial charge in [0.25, 0.3) is 11.8 Å².